The van der Waals surface area contributed by atoms with Gasteiger partial charge in [-0.05, 0) is 35.9 Å². The molecule has 1 heterocycles. The number of thiazole rings is 1. The highest BCUT2D eigenvalue weighted by Gasteiger charge is 2.30. The highest BCUT2D eigenvalue weighted by atomic mass is 32.1. The minimum absolute atomic E-state index is 0.0532. The second kappa shape index (κ2) is 10.3. The van der Waals surface area contributed by atoms with Gasteiger partial charge in [-0.1, -0.05) is 24.3 Å². The molecule has 0 atom stereocenters. The number of carbonyl (C=O) groups excluding carboxylic acids is 2. The van der Waals surface area contributed by atoms with E-state index in [0.717, 1.165) is 34.4 Å². The lowest BCUT2D eigenvalue weighted by Gasteiger charge is -2.18. The first-order valence-corrected chi connectivity index (χ1v) is 10.2. The summed E-state index contributed by atoms with van der Waals surface area (Å²) in [5.74, 6) is -2.11. The van der Waals surface area contributed by atoms with Crippen molar-refractivity contribution in [2.75, 3.05) is 4.90 Å². The molecule has 6 nitrogen and oxygen atoms in total. The number of ether oxygens (including phenoxy) is 2. The molecule has 0 N–H and O–H groups in total. The molecule has 0 saturated carbocycles. The quantitative estimate of drug-likeness (QED) is 0.249. The molecule has 1 amide bonds. The van der Waals surface area contributed by atoms with Crippen LogP contribution in [0, 0.1) is 5.82 Å². The van der Waals surface area contributed by atoms with Gasteiger partial charge in [0.15, 0.2) is 5.13 Å². The van der Waals surface area contributed by atoms with Gasteiger partial charge in [-0.3, -0.25) is 9.69 Å². The molecule has 3 rings (SSSR count). The zero-order valence-corrected chi connectivity index (χ0v) is 17.8. The minimum Gasteiger partial charge on any atom is -0.456 e. The third-order valence-corrected chi connectivity index (χ3v) is 4.90. The third-order valence-electron chi connectivity index (χ3n) is 4.03. The summed E-state index contributed by atoms with van der Waals surface area (Å²) < 4.78 is 59.5. The summed E-state index contributed by atoms with van der Waals surface area (Å²) in [5, 5.41) is 1.79. The molecule has 0 spiro atoms. The number of hydrogen-bond acceptors (Lipinski definition) is 6. The van der Waals surface area contributed by atoms with Crippen LogP contribution in [0.2, 0.25) is 0 Å². The largest absolute Gasteiger partial charge is 0.573 e. The van der Waals surface area contributed by atoms with Crippen LogP contribution in [0.3, 0.4) is 0 Å². The summed E-state index contributed by atoms with van der Waals surface area (Å²) in [6, 6.07) is 10.7. The summed E-state index contributed by atoms with van der Waals surface area (Å²) in [6.07, 6.45) is -2.32. The zero-order valence-electron chi connectivity index (χ0n) is 17.0. The Morgan fingerprint density at radius 2 is 1.82 bits per heavy atom. The molecule has 0 radical (unpaired) electrons. The topological polar surface area (TPSA) is 68.7 Å². The van der Waals surface area contributed by atoms with Gasteiger partial charge in [-0.2, -0.15) is 0 Å². The van der Waals surface area contributed by atoms with Crippen LogP contribution in [0.15, 0.2) is 60.0 Å². The van der Waals surface area contributed by atoms with Crippen molar-refractivity contribution in [1.29, 1.82) is 0 Å². The fraction of sp³-hybridized carbons (Fsp3) is 0.136. The fourth-order valence-corrected chi connectivity index (χ4v) is 3.51. The van der Waals surface area contributed by atoms with Gasteiger partial charge in [0.2, 0.25) is 5.91 Å². The highest BCUT2D eigenvalue weighted by molar-refractivity contribution is 7.14. The molecule has 0 bridgehead atoms. The van der Waals surface area contributed by atoms with Gasteiger partial charge in [0.25, 0.3) is 0 Å². The van der Waals surface area contributed by atoms with Crippen LogP contribution in [-0.4, -0.2) is 23.2 Å². The van der Waals surface area contributed by atoms with Gasteiger partial charge >= 0.3 is 12.3 Å². The molecular formula is C22H16F4N2O4S. The van der Waals surface area contributed by atoms with Crippen molar-refractivity contribution in [1.82, 2.24) is 4.98 Å². The van der Waals surface area contributed by atoms with E-state index < -0.39 is 24.1 Å². The number of rotatable bonds is 7. The van der Waals surface area contributed by atoms with Crippen molar-refractivity contribution in [3.63, 3.8) is 0 Å². The Balaban J connectivity index is 1.59. The zero-order chi connectivity index (χ0) is 24.0. The van der Waals surface area contributed by atoms with E-state index in [9.17, 15) is 27.2 Å². The van der Waals surface area contributed by atoms with E-state index in [0.29, 0.717) is 11.3 Å². The van der Waals surface area contributed by atoms with Gasteiger partial charge in [0, 0.05) is 18.4 Å². The fourth-order valence-electron chi connectivity index (χ4n) is 2.64. The summed E-state index contributed by atoms with van der Waals surface area (Å²) in [4.78, 5) is 29.3. The predicted molar refractivity (Wildman–Crippen MR) is 113 cm³/mol. The number of hydrogen-bond donors (Lipinski definition) is 0. The van der Waals surface area contributed by atoms with Crippen LogP contribution >= 0.6 is 11.3 Å². The molecule has 0 aliphatic carbocycles. The lowest BCUT2D eigenvalue weighted by molar-refractivity contribution is -0.274. The molecule has 33 heavy (non-hydrogen) atoms. The Morgan fingerprint density at radius 1 is 1.12 bits per heavy atom. The Labute approximate surface area is 189 Å². The van der Waals surface area contributed by atoms with E-state index >= 15 is 0 Å². The number of esters is 1. The standard InChI is InChI=1S/C22H16F4N2O4S/c1-14(29)28(19-5-3-2-4-18(19)23)21-27-16(13-33-21)12-31-20(30)11-8-15-6-9-17(10-7-15)32-22(24,25)26/h2-11,13H,12H2,1H3/b11-8+. The lowest BCUT2D eigenvalue weighted by atomic mass is 10.2. The molecule has 0 aliphatic heterocycles. The maximum absolute atomic E-state index is 14.1. The second-order valence-electron chi connectivity index (χ2n) is 6.49. The Kier molecular flexibility index (Phi) is 7.44. The number of para-hydroxylation sites is 1. The number of alkyl halides is 3. The first-order valence-electron chi connectivity index (χ1n) is 9.32. The van der Waals surface area contributed by atoms with Crippen molar-refractivity contribution < 1.29 is 36.6 Å². The maximum Gasteiger partial charge on any atom is 0.573 e. The van der Waals surface area contributed by atoms with E-state index in [1.807, 2.05) is 0 Å². The second-order valence-corrected chi connectivity index (χ2v) is 7.32. The minimum atomic E-state index is -4.78. The molecule has 3 aromatic rings. The number of nitrogens with zero attached hydrogens (tertiary/aromatic N) is 2. The van der Waals surface area contributed by atoms with Gasteiger partial charge in [0.1, 0.15) is 18.2 Å². The van der Waals surface area contributed by atoms with Crippen molar-refractivity contribution in [2.45, 2.75) is 19.9 Å². The van der Waals surface area contributed by atoms with Gasteiger partial charge in [-0.25, -0.2) is 14.2 Å². The summed E-state index contributed by atoms with van der Waals surface area (Å²) in [5.41, 5.74) is 0.866. The molecule has 1 aromatic heterocycles. The average Bonchev–Trinajstić information content (AvgIpc) is 3.20. The monoisotopic (exact) mass is 480 g/mol. The van der Waals surface area contributed by atoms with E-state index in [2.05, 4.69) is 9.72 Å². The van der Waals surface area contributed by atoms with Crippen LogP contribution in [-0.2, 0) is 20.9 Å². The number of amides is 1. The maximum atomic E-state index is 14.1. The van der Waals surface area contributed by atoms with Gasteiger partial charge in [0.05, 0.1) is 11.4 Å². The van der Waals surface area contributed by atoms with E-state index in [4.69, 9.17) is 4.74 Å². The summed E-state index contributed by atoms with van der Waals surface area (Å²) in [7, 11) is 0. The van der Waals surface area contributed by atoms with Crippen LogP contribution < -0.4 is 9.64 Å². The molecule has 11 heteroatoms. The molecule has 0 saturated heterocycles. The SMILES string of the molecule is CC(=O)N(c1nc(COC(=O)/C=C/c2ccc(OC(F)(F)F)cc2)cs1)c1ccccc1F. The van der Waals surface area contributed by atoms with Crippen LogP contribution in [0.25, 0.3) is 6.08 Å². The van der Waals surface area contributed by atoms with Crippen LogP contribution in [0.5, 0.6) is 5.75 Å². The predicted octanol–water partition coefficient (Wildman–Crippen LogP) is 5.62. The Bertz CT molecular complexity index is 1160. The molecular weight excluding hydrogens is 464 g/mol. The molecule has 0 aliphatic rings. The molecule has 172 valence electrons. The first kappa shape index (κ1) is 23.9. The Hall–Kier alpha value is -3.73. The number of carbonyl (C=O) groups is 2. The molecule has 0 fully saturated rings. The normalized spacial score (nSPS) is 11.4. The average molecular weight is 480 g/mol. The number of benzene rings is 2. The van der Waals surface area contributed by atoms with E-state index in [1.165, 1.54) is 43.3 Å². The Morgan fingerprint density at radius 3 is 2.45 bits per heavy atom. The summed E-state index contributed by atoms with van der Waals surface area (Å²) >= 11 is 1.08. The van der Waals surface area contributed by atoms with E-state index in [-0.39, 0.29) is 23.2 Å². The van der Waals surface area contributed by atoms with Crippen LogP contribution in [0.1, 0.15) is 18.2 Å². The molecule has 2 aromatic carbocycles. The van der Waals surface area contributed by atoms with Gasteiger partial charge in [-0.15, -0.1) is 24.5 Å². The highest BCUT2D eigenvalue weighted by Crippen LogP contribution is 2.31. The van der Waals surface area contributed by atoms with Crippen molar-refractivity contribution in [3.05, 3.63) is 77.1 Å². The third kappa shape index (κ3) is 6.88. The molecule has 0 unspecified atom stereocenters. The summed E-state index contributed by atoms with van der Waals surface area (Å²) in [6.45, 7) is 1.08. The lowest BCUT2D eigenvalue weighted by Crippen LogP contribution is -2.23. The smallest absolute Gasteiger partial charge is 0.456 e. The van der Waals surface area contributed by atoms with Crippen molar-refractivity contribution in [2.24, 2.45) is 0 Å². The van der Waals surface area contributed by atoms with Crippen molar-refractivity contribution in [3.8, 4) is 5.75 Å². The number of aromatic nitrogens is 1. The van der Waals surface area contributed by atoms with Crippen molar-refractivity contribution >= 4 is 40.1 Å². The van der Waals surface area contributed by atoms with Gasteiger partial charge < -0.3 is 9.47 Å². The van der Waals surface area contributed by atoms with E-state index in [1.54, 1.807) is 11.4 Å². The number of anilines is 2. The number of halogens is 4. The first-order chi connectivity index (χ1) is 15.6. The van der Waals surface area contributed by atoms with Crippen LogP contribution in [0.4, 0.5) is 28.4 Å².